The zero-order valence-corrected chi connectivity index (χ0v) is 12.4. The number of fused-ring (bicyclic) bond motifs is 4. The Bertz CT molecular complexity index is 511. The smallest absolute Gasteiger partial charge is 0.156 e. The number of carbonyl (C=O) groups excluding carboxylic acids is 1. The summed E-state index contributed by atoms with van der Waals surface area (Å²) in [7, 11) is 1.69. The van der Waals surface area contributed by atoms with Crippen molar-refractivity contribution >= 4 is 17.5 Å². The predicted octanol–water partition coefficient (Wildman–Crippen LogP) is 3.36. The average Bonchev–Trinajstić information content (AvgIpc) is 2.43. The highest BCUT2D eigenvalue weighted by molar-refractivity contribution is 8.00. The van der Waals surface area contributed by atoms with Crippen molar-refractivity contribution in [1.82, 2.24) is 0 Å². The molecular weight excluding hydrogens is 256 g/mol. The Kier molecular flexibility index (Phi) is 3.34. The minimum atomic E-state index is -0.305. The number of benzene rings is 1. The SMILES string of the molecule is COc1ccc2c(c1)[C@@]1(C)CCCCS[C@H](C2)C1=O. The molecular formula is C16H20O2S. The normalized spacial score (nSPS) is 30.2. The lowest BCUT2D eigenvalue weighted by Crippen LogP contribution is -2.45. The second-order valence-corrected chi connectivity index (χ2v) is 7.05. The summed E-state index contributed by atoms with van der Waals surface area (Å²) in [4.78, 5) is 12.8. The first-order chi connectivity index (χ1) is 9.15. The molecule has 0 radical (unpaired) electrons. The highest BCUT2D eigenvalue weighted by Crippen LogP contribution is 2.44. The van der Waals surface area contributed by atoms with E-state index in [1.807, 2.05) is 17.8 Å². The number of Topliss-reactive ketones (excluding diaryl/α,β-unsaturated/α-hetero) is 1. The van der Waals surface area contributed by atoms with Crippen molar-refractivity contribution in [3.05, 3.63) is 29.3 Å². The van der Waals surface area contributed by atoms with Crippen LogP contribution in [0.3, 0.4) is 0 Å². The lowest BCUT2D eigenvalue weighted by molar-refractivity contribution is -0.124. The van der Waals surface area contributed by atoms with Crippen LogP contribution in [0.2, 0.25) is 0 Å². The van der Waals surface area contributed by atoms with E-state index >= 15 is 0 Å². The maximum atomic E-state index is 12.8. The molecule has 2 nitrogen and oxygen atoms in total. The molecule has 0 saturated carbocycles. The molecule has 2 aliphatic rings. The van der Waals surface area contributed by atoms with E-state index in [4.69, 9.17) is 4.74 Å². The Morgan fingerprint density at radius 3 is 3.00 bits per heavy atom. The van der Waals surface area contributed by atoms with Gasteiger partial charge in [-0.25, -0.2) is 0 Å². The number of thioether (sulfide) groups is 1. The van der Waals surface area contributed by atoms with Crippen LogP contribution in [0.15, 0.2) is 18.2 Å². The van der Waals surface area contributed by atoms with E-state index in [1.165, 1.54) is 17.5 Å². The Labute approximate surface area is 118 Å². The number of hydrogen-bond donors (Lipinski definition) is 0. The topological polar surface area (TPSA) is 26.3 Å². The lowest BCUT2D eigenvalue weighted by atomic mass is 9.67. The molecule has 0 spiro atoms. The van der Waals surface area contributed by atoms with E-state index in [1.54, 1.807) is 7.11 Å². The highest BCUT2D eigenvalue weighted by Gasteiger charge is 2.45. The van der Waals surface area contributed by atoms with Gasteiger partial charge in [0.2, 0.25) is 0 Å². The molecule has 0 unspecified atom stereocenters. The third-order valence-corrected chi connectivity index (χ3v) is 5.85. The van der Waals surface area contributed by atoms with Gasteiger partial charge < -0.3 is 4.74 Å². The summed E-state index contributed by atoms with van der Waals surface area (Å²) in [6.45, 7) is 2.13. The van der Waals surface area contributed by atoms with Gasteiger partial charge in [-0.1, -0.05) is 12.5 Å². The van der Waals surface area contributed by atoms with Crippen LogP contribution >= 0.6 is 11.8 Å². The summed E-state index contributed by atoms with van der Waals surface area (Å²) in [6, 6.07) is 6.24. The third-order valence-electron chi connectivity index (χ3n) is 4.54. The van der Waals surface area contributed by atoms with Gasteiger partial charge in [0.05, 0.1) is 17.8 Å². The third kappa shape index (κ3) is 2.08. The minimum Gasteiger partial charge on any atom is -0.497 e. The quantitative estimate of drug-likeness (QED) is 0.786. The van der Waals surface area contributed by atoms with Gasteiger partial charge in [-0.15, -0.1) is 0 Å². The minimum absolute atomic E-state index is 0.159. The number of ketones is 1. The van der Waals surface area contributed by atoms with Gasteiger partial charge in [-0.05, 0) is 55.2 Å². The fourth-order valence-corrected chi connectivity index (χ4v) is 4.72. The number of rotatable bonds is 1. The summed E-state index contributed by atoms with van der Waals surface area (Å²) in [5.74, 6) is 2.41. The molecule has 3 rings (SSSR count). The van der Waals surface area contributed by atoms with E-state index < -0.39 is 0 Å². The van der Waals surface area contributed by atoms with Gasteiger partial charge in [0, 0.05) is 0 Å². The maximum absolute atomic E-state index is 12.8. The average molecular weight is 276 g/mol. The van der Waals surface area contributed by atoms with Crippen molar-refractivity contribution in [1.29, 1.82) is 0 Å². The second kappa shape index (κ2) is 4.86. The first-order valence-electron chi connectivity index (χ1n) is 6.98. The molecule has 1 aliphatic heterocycles. The fourth-order valence-electron chi connectivity index (χ4n) is 3.35. The number of carbonyl (C=O) groups is 1. The molecule has 0 aromatic heterocycles. The van der Waals surface area contributed by atoms with E-state index in [0.717, 1.165) is 30.8 Å². The van der Waals surface area contributed by atoms with Crippen LogP contribution in [0.25, 0.3) is 0 Å². The Hall–Kier alpha value is -0.960. The molecule has 0 N–H and O–H groups in total. The van der Waals surface area contributed by atoms with Crippen LogP contribution in [-0.4, -0.2) is 23.9 Å². The molecule has 102 valence electrons. The van der Waals surface area contributed by atoms with Crippen molar-refractivity contribution in [2.45, 2.75) is 43.3 Å². The monoisotopic (exact) mass is 276 g/mol. The summed E-state index contributed by atoms with van der Waals surface area (Å²) in [6.07, 6.45) is 4.23. The summed E-state index contributed by atoms with van der Waals surface area (Å²) >= 11 is 1.85. The van der Waals surface area contributed by atoms with Crippen LogP contribution < -0.4 is 4.74 Å². The van der Waals surface area contributed by atoms with Crippen LogP contribution in [-0.2, 0) is 16.6 Å². The number of methoxy groups -OCH3 is 1. The van der Waals surface area contributed by atoms with E-state index in [9.17, 15) is 4.79 Å². The molecule has 1 saturated heterocycles. The molecule has 1 aromatic carbocycles. The fraction of sp³-hybridized carbons (Fsp3) is 0.562. The molecule has 1 fully saturated rings. The van der Waals surface area contributed by atoms with Gasteiger partial charge in [0.25, 0.3) is 0 Å². The summed E-state index contributed by atoms with van der Waals surface area (Å²) in [5.41, 5.74) is 2.23. The van der Waals surface area contributed by atoms with Crippen molar-refractivity contribution < 1.29 is 9.53 Å². The van der Waals surface area contributed by atoms with Crippen molar-refractivity contribution in [3.8, 4) is 5.75 Å². The van der Waals surface area contributed by atoms with Gasteiger partial charge in [-0.3, -0.25) is 4.79 Å². The van der Waals surface area contributed by atoms with Crippen LogP contribution in [0.4, 0.5) is 0 Å². The first kappa shape index (κ1) is 13.0. The predicted molar refractivity (Wildman–Crippen MR) is 79.2 cm³/mol. The number of ether oxygens (including phenoxy) is 1. The van der Waals surface area contributed by atoms with E-state index in [2.05, 4.69) is 19.1 Å². The lowest BCUT2D eigenvalue weighted by Gasteiger charge is -2.40. The summed E-state index contributed by atoms with van der Waals surface area (Å²) < 4.78 is 5.34. The maximum Gasteiger partial charge on any atom is 0.156 e. The molecule has 3 heteroatoms. The van der Waals surface area contributed by atoms with E-state index in [0.29, 0.717) is 5.78 Å². The molecule has 1 aromatic rings. The molecule has 1 heterocycles. The number of hydrogen-bond acceptors (Lipinski definition) is 3. The molecule has 2 bridgehead atoms. The van der Waals surface area contributed by atoms with Crippen molar-refractivity contribution in [2.75, 3.05) is 12.9 Å². The zero-order valence-electron chi connectivity index (χ0n) is 11.6. The largest absolute Gasteiger partial charge is 0.497 e. The summed E-state index contributed by atoms with van der Waals surface area (Å²) in [5, 5.41) is 0.159. The Balaban J connectivity index is 2.12. The first-order valence-corrected chi connectivity index (χ1v) is 8.03. The Morgan fingerprint density at radius 1 is 1.37 bits per heavy atom. The molecule has 0 amide bonds. The van der Waals surface area contributed by atoms with Gasteiger partial charge in [0.1, 0.15) is 5.75 Å². The van der Waals surface area contributed by atoms with Crippen LogP contribution in [0, 0.1) is 0 Å². The zero-order chi connectivity index (χ0) is 13.5. The van der Waals surface area contributed by atoms with Crippen LogP contribution in [0.5, 0.6) is 5.75 Å². The van der Waals surface area contributed by atoms with Crippen molar-refractivity contribution in [3.63, 3.8) is 0 Å². The van der Waals surface area contributed by atoms with Crippen molar-refractivity contribution in [2.24, 2.45) is 0 Å². The van der Waals surface area contributed by atoms with E-state index in [-0.39, 0.29) is 10.7 Å². The van der Waals surface area contributed by atoms with Gasteiger partial charge >= 0.3 is 0 Å². The molecule has 1 aliphatic carbocycles. The standard InChI is InChI=1S/C16H20O2S/c1-16-7-3-4-8-19-14(15(16)17)9-11-5-6-12(18-2)10-13(11)16/h5-6,10,14H,3-4,7-9H2,1-2H3/t14-,16-/m1/s1. The molecule has 19 heavy (non-hydrogen) atoms. The Morgan fingerprint density at radius 2 is 2.21 bits per heavy atom. The van der Waals surface area contributed by atoms with Gasteiger partial charge in [0.15, 0.2) is 5.78 Å². The molecule has 2 atom stereocenters. The van der Waals surface area contributed by atoms with Gasteiger partial charge in [-0.2, -0.15) is 11.8 Å². The van der Waals surface area contributed by atoms with Crippen LogP contribution in [0.1, 0.15) is 37.3 Å². The second-order valence-electron chi connectivity index (χ2n) is 5.74. The highest BCUT2D eigenvalue weighted by atomic mass is 32.2.